The summed E-state index contributed by atoms with van der Waals surface area (Å²) in [6, 6.07) is 0. The van der Waals surface area contributed by atoms with E-state index >= 15 is 0 Å². The highest BCUT2D eigenvalue weighted by atomic mass is 32.2. The van der Waals surface area contributed by atoms with Gasteiger partial charge in [0.1, 0.15) is 0 Å². The van der Waals surface area contributed by atoms with Crippen LogP contribution in [0, 0.1) is 0 Å². The Labute approximate surface area is 166 Å². The van der Waals surface area contributed by atoms with Gasteiger partial charge in [-0.3, -0.25) is 0 Å². The van der Waals surface area contributed by atoms with Gasteiger partial charge in [-0.2, -0.15) is 29.9 Å². The van der Waals surface area contributed by atoms with Crippen LogP contribution >= 0.6 is 23.5 Å². The number of hydrogen-bond acceptors (Lipinski definition) is 13. The van der Waals surface area contributed by atoms with Crippen molar-refractivity contribution in [2.75, 3.05) is 59.4 Å². The molecule has 0 atom stereocenters. The summed E-state index contributed by atoms with van der Waals surface area (Å²) < 4.78 is 0. The van der Waals surface area contributed by atoms with Crippen LogP contribution in [0.5, 0.6) is 0 Å². The van der Waals surface area contributed by atoms with Crippen molar-refractivity contribution in [1.82, 2.24) is 29.9 Å². The van der Waals surface area contributed by atoms with Crippen molar-refractivity contribution in [3.05, 3.63) is 0 Å². The van der Waals surface area contributed by atoms with Crippen LogP contribution in [0.3, 0.4) is 0 Å². The zero-order chi connectivity index (χ0) is 19.5. The molecule has 0 aliphatic rings. The molecule has 2 aromatic rings. The highest BCUT2D eigenvalue weighted by molar-refractivity contribution is 7.99. The molecule has 2 heterocycles. The van der Waals surface area contributed by atoms with E-state index < -0.39 is 0 Å². The van der Waals surface area contributed by atoms with Crippen LogP contribution < -0.4 is 27.4 Å². The monoisotopic (exact) mass is 411 g/mol. The first-order valence-corrected chi connectivity index (χ1v) is 10.6. The molecule has 27 heavy (non-hydrogen) atoms. The lowest BCUT2D eigenvalue weighted by Crippen LogP contribution is -2.19. The largest absolute Gasteiger partial charge is 0.368 e. The summed E-state index contributed by atoms with van der Waals surface area (Å²) in [5.41, 5.74) is 11.2. The van der Waals surface area contributed by atoms with E-state index in [-0.39, 0.29) is 5.95 Å². The van der Waals surface area contributed by atoms with Gasteiger partial charge in [0.15, 0.2) is 10.3 Å². The Hall–Kier alpha value is -2.12. The van der Waals surface area contributed by atoms with Crippen molar-refractivity contribution < 1.29 is 0 Å². The summed E-state index contributed by atoms with van der Waals surface area (Å²) in [7, 11) is 0. The maximum atomic E-state index is 5.71. The van der Waals surface area contributed by atoms with E-state index in [1.54, 1.807) is 11.8 Å². The summed E-state index contributed by atoms with van der Waals surface area (Å²) in [4.78, 5) is 25.6. The second-order valence-electron chi connectivity index (χ2n) is 5.00. The van der Waals surface area contributed by atoms with Gasteiger partial charge in [-0.15, -0.1) is 0 Å². The molecule has 0 fully saturated rings. The molecule has 0 saturated carbocycles. The van der Waals surface area contributed by atoms with Gasteiger partial charge in [0.2, 0.25) is 23.8 Å². The number of rotatable bonds is 12. The van der Waals surface area contributed by atoms with Gasteiger partial charge < -0.3 is 27.4 Å². The number of hydrogen-bond donors (Lipinski definition) is 5. The van der Waals surface area contributed by atoms with Crippen LogP contribution in [0.2, 0.25) is 0 Å². The third-order valence-electron chi connectivity index (χ3n) is 2.91. The molecule has 0 aliphatic heterocycles. The van der Waals surface area contributed by atoms with Crippen LogP contribution in [0.15, 0.2) is 10.3 Å². The van der Waals surface area contributed by atoms with E-state index in [4.69, 9.17) is 11.5 Å². The molecule has 2 rings (SSSR count). The fourth-order valence-corrected chi connectivity index (χ4v) is 3.01. The molecular formula is C14H25N11S2. The Morgan fingerprint density at radius 3 is 1.70 bits per heavy atom. The predicted octanol–water partition coefficient (Wildman–Crippen LogP) is 0.757. The Bertz CT molecular complexity index is 715. The third kappa shape index (κ3) is 7.56. The van der Waals surface area contributed by atoms with E-state index in [1.165, 1.54) is 11.8 Å². The zero-order valence-corrected chi connectivity index (χ0v) is 17.0. The van der Waals surface area contributed by atoms with Crippen LogP contribution in [-0.2, 0) is 0 Å². The average molecular weight is 412 g/mol. The maximum absolute atomic E-state index is 5.71. The van der Waals surface area contributed by atoms with Crippen LogP contribution in [0.4, 0.5) is 23.8 Å². The minimum absolute atomic E-state index is 0.200. The quantitative estimate of drug-likeness (QED) is 0.245. The first kappa shape index (κ1) is 21.2. The molecule has 0 aromatic carbocycles. The summed E-state index contributed by atoms with van der Waals surface area (Å²) in [5.74, 6) is 3.39. The molecule has 0 unspecified atom stereocenters. The molecule has 7 N–H and O–H groups in total. The zero-order valence-electron chi connectivity index (χ0n) is 15.4. The Balaban J connectivity index is 1.91. The second-order valence-corrected chi connectivity index (χ2v) is 7.46. The number of anilines is 4. The smallest absolute Gasteiger partial charge is 0.228 e. The molecule has 0 radical (unpaired) electrons. The van der Waals surface area contributed by atoms with Crippen molar-refractivity contribution in [2.45, 2.75) is 24.2 Å². The highest BCUT2D eigenvalue weighted by Gasteiger charge is 2.07. The van der Waals surface area contributed by atoms with Gasteiger partial charge in [-0.25, -0.2) is 0 Å². The minimum atomic E-state index is 0.200. The SMILES string of the molecule is CCSc1nc(N)nc(NCCNc2nc(NCCN)nc(SCC)n2)n1. The van der Waals surface area contributed by atoms with E-state index in [9.17, 15) is 0 Å². The number of nitrogens with two attached hydrogens (primary N) is 2. The van der Waals surface area contributed by atoms with E-state index in [0.717, 1.165) is 11.5 Å². The van der Waals surface area contributed by atoms with Gasteiger partial charge in [0.25, 0.3) is 0 Å². The Morgan fingerprint density at radius 1 is 0.704 bits per heavy atom. The van der Waals surface area contributed by atoms with Crippen molar-refractivity contribution >= 4 is 47.3 Å². The van der Waals surface area contributed by atoms with Gasteiger partial charge in [0, 0.05) is 26.2 Å². The van der Waals surface area contributed by atoms with E-state index in [2.05, 4.69) is 45.9 Å². The Kier molecular flexibility index (Phi) is 9.07. The van der Waals surface area contributed by atoms with Gasteiger partial charge in [-0.1, -0.05) is 37.4 Å². The average Bonchev–Trinajstić information content (AvgIpc) is 2.64. The molecule has 0 spiro atoms. The van der Waals surface area contributed by atoms with E-state index in [1.807, 2.05) is 13.8 Å². The first-order chi connectivity index (χ1) is 13.1. The number of nitrogen functional groups attached to an aromatic ring is 1. The van der Waals surface area contributed by atoms with Gasteiger partial charge >= 0.3 is 0 Å². The molecule has 148 valence electrons. The summed E-state index contributed by atoms with van der Waals surface area (Å²) >= 11 is 3.06. The van der Waals surface area contributed by atoms with Crippen molar-refractivity contribution in [3.63, 3.8) is 0 Å². The van der Waals surface area contributed by atoms with Crippen molar-refractivity contribution in [1.29, 1.82) is 0 Å². The fraction of sp³-hybridized carbons (Fsp3) is 0.571. The molecule has 13 heteroatoms. The number of nitrogens with zero attached hydrogens (tertiary/aromatic N) is 6. The molecule has 2 aromatic heterocycles. The summed E-state index contributed by atoms with van der Waals surface area (Å²) in [6.07, 6.45) is 0. The van der Waals surface area contributed by atoms with Crippen LogP contribution in [0.1, 0.15) is 13.8 Å². The lowest BCUT2D eigenvalue weighted by atomic mass is 10.6. The first-order valence-electron chi connectivity index (χ1n) is 8.59. The fourth-order valence-electron chi connectivity index (χ4n) is 1.89. The molecule has 11 nitrogen and oxygen atoms in total. The van der Waals surface area contributed by atoms with Crippen LogP contribution in [-0.4, -0.2) is 67.6 Å². The van der Waals surface area contributed by atoms with Crippen molar-refractivity contribution in [2.24, 2.45) is 5.73 Å². The second kappa shape index (κ2) is 11.6. The molecule has 0 bridgehead atoms. The highest BCUT2D eigenvalue weighted by Crippen LogP contribution is 2.16. The number of aromatic nitrogens is 6. The minimum Gasteiger partial charge on any atom is -0.368 e. The lowest BCUT2D eigenvalue weighted by molar-refractivity contribution is 0.873. The predicted molar refractivity (Wildman–Crippen MR) is 111 cm³/mol. The standard InChI is InChI=1S/C14H25N11S2/c1-3-26-13-21-9(16)20-10(23-13)18-7-8-19-12-22-11(17-6-5-15)24-14(25-12)27-4-2/h3-8,15H2,1-2H3,(H3,16,18,20,21,23)(H2,17,19,22,24,25). The topological polar surface area (TPSA) is 165 Å². The number of nitrogens with one attached hydrogen (secondary N) is 3. The molecule has 0 aliphatic carbocycles. The normalized spacial score (nSPS) is 10.6. The summed E-state index contributed by atoms with van der Waals surface area (Å²) in [5, 5.41) is 10.6. The number of thioether (sulfide) groups is 2. The Morgan fingerprint density at radius 2 is 1.19 bits per heavy atom. The van der Waals surface area contributed by atoms with Gasteiger partial charge in [-0.05, 0) is 11.5 Å². The lowest BCUT2D eigenvalue weighted by Gasteiger charge is -2.10. The van der Waals surface area contributed by atoms with Crippen LogP contribution in [0.25, 0.3) is 0 Å². The molecule has 0 amide bonds. The maximum Gasteiger partial charge on any atom is 0.228 e. The molecule has 0 saturated heterocycles. The van der Waals surface area contributed by atoms with Crippen molar-refractivity contribution in [3.8, 4) is 0 Å². The van der Waals surface area contributed by atoms with E-state index in [0.29, 0.717) is 54.3 Å². The molecular weight excluding hydrogens is 386 g/mol. The summed E-state index contributed by atoms with van der Waals surface area (Å²) in [6.45, 7) is 6.30. The van der Waals surface area contributed by atoms with Gasteiger partial charge in [0.05, 0.1) is 0 Å². The third-order valence-corrected chi connectivity index (χ3v) is 4.37.